The summed E-state index contributed by atoms with van der Waals surface area (Å²) in [6, 6.07) is 5.65. The van der Waals surface area contributed by atoms with Gasteiger partial charge in [-0.15, -0.1) is 0 Å². The van der Waals surface area contributed by atoms with Crippen LogP contribution in [0.1, 0.15) is 48.7 Å². The van der Waals surface area contributed by atoms with E-state index in [-0.39, 0.29) is 36.1 Å². The molecule has 0 radical (unpaired) electrons. The predicted octanol–water partition coefficient (Wildman–Crippen LogP) is 4.52. The Kier molecular flexibility index (Phi) is 8.78. The van der Waals surface area contributed by atoms with Crippen LogP contribution in [-0.4, -0.2) is 40.3 Å². The molecule has 0 atom stereocenters. The van der Waals surface area contributed by atoms with Gasteiger partial charge in [0.15, 0.2) is 0 Å². The number of amides is 2. The lowest BCUT2D eigenvalue weighted by Crippen LogP contribution is -2.34. The third kappa shape index (κ3) is 6.27. The van der Waals surface area contributed by atoms with Crippen molar-refractivity contribution < 1.29 is 22.8 Å². The molecule has 1 aromatic heterocycles. The maximum absolute atomic E-state index is 14.5. The lowest BCUT2D eigenvalue weighted by molar-refractivity contribution is -0.129. The second-order valence-electron chi connectivity index (χ2n) is 8.10. The molecule has 0 saturated carbocycles. The number of aryl methyl sites for hydroxylation is 1. The van der Waals surface area contributed by atoms with Crippen molar-refractivity contribution in [3.63, 3.8) is 0 Å². The van der Waals surface area contributed by atoms with Crippen molar-refractivity contribution in [2.75, 3.05) is 23.7 Å². The van der Waals surface area contributed by atoms with Gasteiger partial charge in [-0.05, 0) is 37.5 Å². The number of anilines is 2. The fourth-order valence-electron chi connectivity index (χ4n) is 3.84. The summed E-state index contributed by atoms with van der Waals surface area (Å²) in [6.45, 7) is 4.19. The molecule has 1 aromatic carbocycles. The Hall–Kier alpha value is -4.20. The summed E-state index contributed by atoms with van der Waals surface area (Å²) in [7, 11) is 0. The summed E-state index contributed by atoms with van der Waals surface area (Å²) in [5.74, 6) is -0.373. The van der Waals surface area contributed by atoms with Crippen molar-refractivity contribution in [1.29, 1.82) is 5.26 Å². The monoisotopic (exact) mass is 498 g/mol. The van der Waals surface area contributed by atoms with Crippen LogP contribution in [0.4, 0.5) is 24.8 Å². The summed E-state index contributed by atoms with van der Waals surface area (Å²) in [5, 5.41) is 14.3. The number of halogens is 3. The van der Waals surface area contributed by atoms with E-state index in [4.69, 9.17) is 5.26 Å². The summed E-state index contributed by atoms with van der Waals surface area (Å²) in [6.07, 6.45) is 1.59. The Balaban J connectivity index is 1.91. The van der Waals surface area contributed by atoms with E-state index in [0.717, 1.165) is 17.2 Å². The number of carbonyl (C=O) groups excluding carboxylic acids is 2. The standard InChI is InChI=1S/C25H25F3N6O2/c1-15(17-7-10-34(11-8-17)21(36)6-9-29)12-20-24(32-16(2)33-25(20)31-14-35)30-13-18-4-3-5-19(22(18)26)23(27)28/h3-5,7,12,14,23H,6,8,10-11,13H2,1-2H3,(H2,30,31,32,33,35)/b15-12+. The molecule has 0 spiro atoms. The summed E-state index contributed by atoms with van der Waals surface area (Å²) >= 11 is 0. The van der Waals surface area contributed by atoms with Crippen LogP contribution in [0.25, 0.3) is 6.08 Å². The van der Waals surface area contributed by atoms with Gasteiger partial charge in [0.2, 0.25) is 12.3 Å². The van der Waals surface area contributed by atoms with E-state index in [9.17, 15) is 22.8 Å². The first kappa shape index (κ1) is 26.4. The molecule has 2 amide bonds. The number of carbonyl (C=O) groups is 2. The van der Waals surface area contributed by atoms with Gasteiger partial charge in [0, 0.05) is 25.2 Å². The first-order chi connectivity index (χ1) is 17.2. The Labute approximate surface area is 206 Å². The normalized spacial score (nSPS) is 13.8. The molecule has 8 nitrogen and oxygen atoms in total. The van der Waals surface area contributed by atoms with Gasteiger partial charge in [-0.3, -0.25) is 9.59 Å². The van der Waals surface area contributed by atoms with Gasteiger partial charge in [0.05, 0.1) is 17.2 Å². The number of aromatic nitrogens is 2. The minimum absolute atomic E-state index is 0.0396. The van der Waals surface area contributed by atoms with Crippen LogP contribution in [0, 0.1) is 24.1 Å². The van der Waals surface area contributed by atoms with E-state index < -0.39 is 17.8 Å². The van der Waals surface area contributed by atoms with Gasteiger partial charge in [-0.2, -0.15) is 5.26 Å². The molecule has 188 valence electrons. The molecule has 1 aliphatic rings. The number of nitriles is 1. The van der Waals surface area contributed by atoms with Crippen molar-refractivity contribution in [2.45, 2.75) is 39.7 Å². The minimum atomic E-state index is -2.94. The number of benzene rings is 1. The first-order valence-electron chi connectivity index (χ1n) is 11.2. The molecule has 2 N–H and O–H groups in total. The molecule has 2 heterocycles. The molecule has 1 aliphatic heterocycles. The van der Waals surface area contributed by atoms with Gasteiger partial charge in [0.25, 0.3) is 6.43 Å². The Bertz CT molecular complexity index is 1250. The molecule has 0 unspecified atom stereocenters. The molecule has 36 heavy (non-hydrogen) atoms. The fraction of sp³-hybridized carbons (Fsp3) is 0.320. The van der Waals surface area contributed by atoms with Gasteiger partial charge in [0.1, 0.15) is 29.7 Å². The summed E-state index contributed by atoms with van der Waals surface area (Å²) < 4.78 is 40.7. The number of rotatable bonds is 9. The number of allylic oxidation sites excluding steroid dienone is 1. The SMILES string of the molecule is C/C(=C\c1c(NC=O)nc(C)nc1NCc1cccc(C(F)F)c1F)C1=CCN(C(=O)CC#N)CC1. The smallest absolute Gasteiger partial charge is 0.266 e. The van der Waals surface area contributed by atoms with Crippen LogP contribution in [0.15, 0.2) is 35.4 Å². The van der Waals surface area contributed by atoms with Crippen LogP contribution in [0.3, 0.4) is 0 Å². The first-order valence-corrected chi connectivity index (χ1v) is 11.2. The van der Waals surface area contributed by atoms with E-state index in [1.807, 2.05) is 19.1 Å². The van der Waals surface area contributed by atoms with Crippen molar-refractivity contribution in [3.8, 4) is 6.07 Å². The second kappa shape index (κ2) is 12.0. The maximum Gasteiger partial charge on any atom is 0.266 e. The van der Waals surface area contributed by atoms with Gasteiger partial charge in [-0.1, -0.05) is 24.3 Å². The predicted molar refractivity (Wildman–Crippen MR) is 128 cm³/mol. The largest absolute Gasteiger partial charge is 0.365 e. The summed E-state index contributed by atoms with van der Waals surface area (Å²) in [4.78, 5) is 33.4. The van der Waals surface area contributed by atoms with Crippen LogP contribution >= 0.6 is 0 Å². The molecule has 2 aromatic rings. The maximum atomic E-state index is 14.5. The van der Waals surface area contributed by atoms with Gasteiger partial charge in [-0.25, -0.2) is 23.1 Å². The van der Waals surface area contributed by atoms with E-state index >= 15 is 0 Å². The molecule has 0 saturated heterocycles. The number of hydrogen-bond donors (Lipinski definition) is 2. The van der Waals surface area contributed by atoms with Crippen molar-refractivity contribution in [3.05, 3.63) is 63.8 Å². The molecule has 0 fully saturated rings. The summed E-state index contributed by atoms with van der Waals surface area (Å²) in [5.41, 5.74) is 1.59. The quantitative estimate of drug-likeness (QED) is 0.492. The lowest BCUT2D eigenvalue weighted by atomic mass is 9.98. The zero-order chi connectivity index (χ0) is 26.2. The van der Waals surface area contributed by atoms with E-state index in [1.165, 1.54) is 12.1 Å². The molecular formula is C25H25F3N6O2. The lowest BCUT2D eigenvalue weighted by Gasteiger charge is -2.26. The fourth-order valence-corrected chi connectivity index (χ4v) is 3.84. The highest BCUT2D eigenvalue weighted by atomic mass is 19.3. The Morgan fingerprint density at radius 3 is 2.69 bits per heavy atom. The van der Waals surface area contributed by atoms with Crippen LogP contribution < -0.4 is 10.6 Å². The van der Waals surface area contributed by atoms with Crippen LogP contribution in [0.2, 0.25) is 0 Å². The zero-order valence-corrected chi connectivity index (χ0v) is 19.8. The van der Waals surface area contributed by atoms with E-state index in [2.05, 4.69) is 20.6 Å². The van der Waals surface area contributed by atoms with Gasteiger partial charge >= 0.3 is 0 Å². The zero-order valence-electron chi connectivity index (χ0n) is 19.8. The van der Waals surface area contributed by atoms with Crippen molar-refractivity contribution >= 4 is 30.0 Å². The number of alkyl halides is 2. The van der Waals surface area contributed by atoms with E-state index in [0.29, 0.717) is 37.3 Å². The van der Waals surface area contributed by atoms with Crippen molar-refractivity contribution in [1.82, 2.24) is 14.9 Å². The van der Waals surface area contributed by atoms with Crippen molar-refractivity contribution in [2.24, 2.45) is 0 Å². The second-order valence-corrected chi connectivity index (χ2v) is 8.10. The molecule has 0 bridgehead atoms. The minimum Gasteiger partial charge on any atom is -0.365 e. The third-order valence-corrected chi connectivity index (χ3v) is 5.70. The highest BCUT2D eigenvalue weighted by Crippen LogP contribution is 2.29. The van der Waals surface area contributed by atoms with Crippen LogP contribution in [-0.2, 0) is 16.1 Å². The highest BCUT2D eigenvalue weighted by molar-refractivity contribution is 5.82. The number of nitrogens with zero attached hydrogens (tertiary/aromatic N) is 4. The Morgan fingerprint density at radius 2 is 2.06 bits per heavy atom. The number of nitrogens with one attached hydrogen (secondary N) is 2. The highest BCUT2D eigenvalue weighted by Gasteiger charge is 2.20. The average Bonchev–Trinajstić information content (AvgIpc) is 2.85. The van der Waals surface area contributed by atoms with E-state index in [1.54, 1.807) is 17.9 Å². The molecule has 11 heteroatoms. The topological polar surface area (TPSA) is 111 Å². The average molecular weight is 499 g/mol. The molecule has 0 aliphatic carbocycles. The van der Waals surface area contributed by atoms with Crippen LogP contribution in [0.5, 0.6) is 0 Å². The Morgan fingerprint density at radius 1 is 1.31 bits per heavy atom. The van der Waals surface area contributed by atoms with Gasteiger partial charge < -0.3 is 15.5 Å². The number of hydrogen-bond acceptors (Lipinski definition) is 6. The molecule has 3 rings (SSSR count). The molecular weight excluding hydrogens is 473 g/mol. The third-order valence-electron chi connectivity index (χ3n) is 5.70.